The zero-order valence-corrected chi connectivity index (χ0v) is 21.2. The van der Waals surface area contributed by atoms with Gasteiger partial charge in [-0.3, -0.25) is 0 Å². The molecule has 4 saturated carbocycles. The van der Waals surface area contributed by atoms with Gasteiger partial charge >= 0.3 is 0 Å². The van der Waals surface area contributed by atoms with E-state index in [1.54, 1.807) is 11.1 Å². The highest BCUT2D eigenvalue weighted by Crippen LogP contribution is 2.70. The molecule has 4 aromatic rings. The number of halogens is 1. The van der Waals surface area contributed by atoms with Crippen molar-refractivity contribution in [3.63, 3.8) is 0 Å². The lowest BCUT2D eigenvalue weighted by atomic mass is 9.42. The third kappa shape index (κ3) is 2.53. The summed E-state index contributed by atoms with van der Waals surface area (Å²) in [5.41, 5.74) is 9.54. The van der Waals surface area contributed by atoms with Crippen LogP contribution in [0, 0.1) is 35.0 Å². The molecule has 4 aromatic carbocycles. The molecule has 170 valence electrons. The van der Waals surface area contributed by atoms with E-state index in [1.165, 1.54) is 64.2 Å². The maximum atomic E-state index is 9.78. The Morgan fingerprint density at radius 2 is 1.34 bits per heavy atom. The Kier molecular flexibility index (Phi) is 4.11. The summed E-state index contributed by atoms with van der Waals surface area (Å²) >= 11 is 3.84. The molecule has 5 aliphatic rings. The van der Waals surface area contributed by atoms with Gasteiger partial charge in [0.2, 0.25) is 0 Å². The molecule has 1 spiro atoms. The first kappa shape index (κ1) is 20.3. The molecule has 0 unspecified atom stereocenters. The molecule has 4 fully saturated rings. The van der Waals surface area contributed by atoms with Crippen molar-refractivity contribution in [3.8, 4) is 28.3 Å². The van der Waals surface area contributed by atoms with Crippen LogP contribution >= 0.6 is 15.9 Å². The summed E-state index contributed by atoms with van der Waals surface area (Å²) in [6.45, 7) is 0. The van der Waals surface area contributed by atoms with Crippen LogP contribution in [0.25, 0.3) is 33.0 Å². The zero-order valence-electron chi connectivity index (χ0n) is 19.6. The number of nitriles is 1. The fourth-order valence-electron chi connectivity index (χ4n) is 9.08. The average molecular weight is 516 g/mol. The summed E-state index contributed by atoms with van der Waals surface area (Å²) in [6, 6.07) is 29.1. The molecule has 2 heteroatoms. The van der Waals surface area contributed by atoms with Gasteiger partial charge in [0.05, 0.1) is 11.6 Å². The fourth-order valence-corrected chi connectivity index (χ4v) is 9.44. The van der Waals surface area contributed by atoms with Crippen molar-refractivity contribution in [1.29, 1.82) is 5.26 Å². The minimum absolute atomic E-state index is 0.105. The van der Waals surface area contributed by atoms with Gasteiger partial charge in [-0.1, -0.05) is 70.5 Å². The second-order valence-electron chi connectivity index (χ2n) is 11.4. The van der Waals surface area contributed by atoms with Crippen molar-refractivity contribution in [2.45, 2.75) is 37.5 Å². The van der Waals surface area contributed by atoms with E-state index in [4.69, 9.17) is 0 Å². The quantitative estimate of drug-likeness (QED) is 0.248. The van der Waals surface area contributed by atoms with Gasteiger partial charge in [0.15, 0.2) is 0 Å². The molecule has 0 N–H and O–H groups in total. The third-order valence-corrected chi connectivity index (χ3v) is 10.4. The minimum Gasteiger partial charge on any atom is -0.192 e. The van der Waals surface area contributed by atoms with Crippen LogP contribution in [0.1, 0.15) is 48.8 Å². The topological polar surface area (TPSA) is 23.8 Å². The van der Waals surface area contributed by atoms with E-state index in [0.29, 0.717) is 0 Å². The Labute approximate surface area is 214 Å². The highest BCUT2D eigenvalue weighted by Gasteiger charge is 2.62. The van der Waals surface area contributed by atoms with Crippen LogP contribution in [0.3, 0.4) is 0 Å². The van der Waals surface area contributed by atoms with Crippen molar-refractivity contribution in [1.82, 2.24) is 0 Å². The van der Waals surface area contributed by atoms with E-state index in [-0.39, 0.29) is 5.41 Å². The first-order valence-corrected chi connectivity index (χ1v) is 13.8. The monoisotopic (exact) mass is 515 g/mol. The second kappa shape index (κ2) is 7.08. The summed E-state index contributed by atoms with van der Waals surface area (Å²) in [6.07, 6.45) is 6.96. The zero-order chi connectivity index (χ0) is 23.3. The van der Waals surface area contributed by atoms with Crippen LogP contribution in [0.4, 0.5) is 0 Å². The molecule has 0 radical (unpaired) electrons. The second-order valence-corrected chi connectivity index (χ2v) is 12.3. The summed E-state index contributed by atoms with van der Waals surface area (Å²) in [4.78, 5) is 0. The summed E-state index contributed by atoms with van der Waals surface area (Å²) in [7, 11) is 0. The van der Waals surface area contributed by atoms with Gasteiger partial charge in [-0.15, -0.1) is 0 Å². The molecule has 5 aliphatic carbocycles. The van der Waals surface area contributed by atoms with Gasteiger partial charge in [0, 0.05) is 15.3 Å². The van der Waals surface area contributed by atoms with Crippen molar-refractivity contribution in [3.05, 3.63) is 94.0 Å². The summed E-state index contributed by atoms with van der Waals surface area (Å²) in [5, 5.41) is 12.0. The van der Waals surface area contributed by atoms with Gasteiger partial charge in [-0.05, 0) is 113 Å². The van der Waals surface area contributed by atoms with E-state index in [2.05, 4.69) is 88.7 Å². The molecule has 0 atom stereocenters. The molecule has 0 amide bonds. The lowest BCUT2D eigenvalue weighted by Gasteiger charge is -2.61. The van der Waals surface area contributed by atoms with E-state index in [0.717, 1.165) is 34.6 Å². The van der Waals surface area contributed by atoms with Crippen LogP contribution in [0.2, 0.25) is 0 Å². The standard InChI is InChI=1S/C33H26BrN/c34-24-9-11-28-30-7-3-6-29(27-10-8-21(18-35)25-4-1-2-5-26(25)27)32(30)33(31(28)17-24)22-13-19-12-20(15-22)16-23(33)14-19/h1-11,17,19-20,22-23H,12-16H2. The predicted molar refractivity (Wildman–Crippen MR) is 145 cm³/mol. The Hall–Kier alpha value is -2.89. The largest absolute Gasteiger partial charge is 0.192 e. The van der Waals surface area contributed by atoms with Crippen molar-refractivity contribution < 1.29 is 0 Å². The summed E-state index contributed by atoms with van der Waals surface area (Å²) in [5.74, 6) is 3.29. The van der Waals surface area contributed by atoms with Crippen LogP contribution < -0.4 is 0 Å². The molecule has 9 rings (SSSR count). The van der Waals surface area contributed by atoms with Gasteiger partial charge in [0.1, 0.15) is 0 Å². The van der Waals surface area contributed by atoms with Crippen molar-refractivity contribution in [2.24, 2.45) is 23.7 Å². The lowest BCUT2D eigenvalue weighted by Crippen LogP contribution is -2.55. The van der Waals surface area contributed by atoms with E-state index < -0.39 is 0 Å². The number of hydrogen-bond acceptors (Lipinski definition) is 1. The van der Waals surface area contributed by atoms with Crippen molar-refractivity contribution >= 4 is 26.7 Å². The number of benzene rings is 4. The molecule has 35 heavy (non-hydrogen) atoms. The first-order valence-electron chi connectivity index (χ1n) is 13.0. The minimum atomic E-state index is 0.105. The Balaban J connectivity index is 1.48. The lowest BCUT2D eigenvalue weighted by molar-refractivity contribution is -0.0397. The number of hydrogen-bond donors (Lipinski definition) is 0. The van der Waals surface area contributed by atoms with Crippen LogP contribution in [-0.4, -0.2) is 0 Å². The molecular weight excluding hydrogens is 490 g/mol. The highest BCUT2D eigenvalue weighted by molar-refractivity contribution is 9.10. The SMILES string of the molecule is N#Cc1ccc(-c2cccc3c2C2(c4cc(Br)ccc4-3)C3CC4CC(C3)CC2C4)c2ccccc12. The molecule has 0 saturated heterocycles. The Bertz CT molecular complexity index is 1560. The Morgan fingerprint density at radius 3 is 2.06 bits per heavy atom. The maximum absolute atomic E-state index is 9.78. The number of nitrogens with zero attached hydrogens (tertiary/aromatic N) is 1. The number of rotatable bonds is 1. The molecule has 0 aliphatic heterocycles. The van der Waals surface area contributed by atoms with E-state index in [1.807, 2.05) is 6.07 Å². The smallest absolute Gasteiger partial charge is 0.0998 e. The maximum Gasteiger partial charge on any atom is 0.0998 e. The van der Waals surface area contributed by atoms with E-state index >= 15 is 0 Å². The van der Waals surface area contributed by atoms with Gasteiger partial charge < -0.3 is 0 Å². The third-order valence-electron chi connectivity index (χ3n) is 9.96. The average Bonchev–Trinajstić information content (AvgIpc) is 3.16. The van der Waals surface area contributed by atoms with Crippen LogP contribution in [0.15, 0.2) is 77.3 Å². The van der Waals surface area contributed by atoms with Gasteiger partial charge in [0.25, 0.3) is 0 Å². The van der Waals surface area contributed by atoms with Crippen LogP contribution in [0.5, 0.6) is 0 Å². The predicted octanol–water partition coefficient (Wildman–Crippen LogP) is 8.86. The summed E-state index contributed by atoms with van der Waals surface area (Å²) < 4.78 is 1.20. The number of fused-ring (bicyclic) bond motifs is 4. The van der Waals surface area contributed by atoms with Crippen molar-refractivity contribution in [2.75, 3.05) is 0 Å². The molecular formula is C33H26BrN. The Morgan fingerprint density at radius 1 is 0.686 bits per heavy atom. The highest BCUT2D eigenvalue weighted by atomic mass is 79.9. The van der Waals surface area contributed by atoms with E-state index in [9.17, 15) is 5.26 Å². The first-order chi connectivity index (χ1) is 17.2. The molecule has 0 heterocycles. The van der Waals surface area contributed by atoms with Gasteiger partial charge in [-0.2, -0.15) is 5.26 Å². The fraction of sp³-hybridized carbons (Fsp3) is 0.303. The molecule has 4 bridgehead atoms. The molecule has 0 aromatic heterocycles. The normalized spacial score (nSPS) is 29.4. The molecule has 1 nitrogen and oxygen atoms in total. The van der Waals surface area contributed by atoms with Crippen LogP contribution in [-0.2, 0) is 5.41 Å². The van der Waals surface area contributed by atoms with Gasteiger partial charge in [-0.25, -0.2) is 0 Å².